The number of carboxylic acids is 1. The molecule has 124 valence electrons. The van der Waals surface area contributed by atoms with Gasteiger partial charge < -0.3 is 24.2 Å². The lowest BCUT2D eigenvalue weighted by Crippen LogP contribution is -2.53. The average molecular weight is 321 g/mol. The van der Waals surface area contributed by atoms with Gasteiger partial charge in [0.15, 0.2) is 11.5 Å². The number of para-hydroxylation sites is 2. The Morgan fingerprint density at radius 1 is 1.26 bits per heavy atom. The third-order valence-electron chi connectivity index (χ3n) is 4.25. The highest BCUT2D eigenvalue weighted by molar-refractivity contribution is 5.88. The topological polar surface area (TPSA) is 85.3 Å². The summed E-state index contributed by atoms with van der Waals surface area (Å²) in [6, 6.07) is 6.19. The lowest BCUT2D eigenvalue weighted by molar-refractivity contribution is -0.154. The largest absolute Gasteiger partial charge is 0.482 e. The molecule has 7 heteroatoms. The zero-order valence-corrected chi connectivity index (χ0v) is 13.0. The third-order valence-corrected chi connectivity index (χ3v) is 4.25. The molecule has 1 aromatic carbocycles. The quantitative estimate of drug-likeness (QED) is 0.891. The molecule has 4 unspecified atom stereocenters. The van der Waals surface area contributed by atoms with E-state index in [0.29, 0.717) is 11.5 Å². The van der Waals surface area contributed by atoms with Gasteiger partial charge >= 0.3 is 5.97 Å². The molecule has 1 N–H and O–H groups in total. The number of methoxy groups -OCH3 is 1. The molecular weight excluding hydrogens is 302 g/mol. The van der Waals surface area contributed by atoms with Gasteiger partial charge in [0.1, 0.15) is 12.1 Å². The number of ether oxygens (including phenoxy) is 3. The highest BCUT2D eigenvalue weighted by Gasteiger charge is 2.45. The van der Waals surface area contributed by atoms with E-state index in [1.54, 1.807) is 25.1 Å². The van der Waals surface area contributed by atoms with Crippen molar-refractivity contribution in [3.63, 3.8) is 0 Å². The Hall–Kier alpha value is -2.28. The number of carbonyl (C=O) groups excluding carboxylic acids is 1. The maximum absolute atomic E-state index is 12.8. The molecule has 3 rings (SSSR count). The van der Waals surface area contributed by atoms with Crippen molar-refractivity contribution in [2.45, 2.75) is 37.7 Å². The first-order chi connectivity index (χ1) is 11.0. The smallest absolute Gasteiger partial charge is 0.326 e. The van der Waals surface area contributed by atoms with Crippen molar-refractivity contribution in [2.24, 2.45) is 0 Å². The van der Waals surface area contributed by atoms with E-state index in [4.69, 9.17) is 14.2 Å². The van der Waals surface area contributed by atoms with Gasteiger partial charge in [-0.3, -0.25) is 4.79 Å². The van der Waals surface area contributed by atoms with Crippen molar-refractivity contribution in [1.29, 1.82) is 0 Å². The van der Waals surface area contributed by atoms with Crippen molar-refractivity contribution in [1.82, 2.24) is 4.90 Å². The SMILES string of the molecule is COC1CC(C(=O)O)N(C(=O)C2Oc3ccccc3OC2C)C1. The second-order valence-electron chi connectivity index (χ2n) is 5.75. The minimum absolute atomic E-state index is 0.237. The van der Waals surface area contributed by atoms with Crippen LogP contribution in [0.15, 0.2) is 24.3 Å². The van der Waals surface area contributed by atoms with E-state index in [9.17, 15) is 14.7 Å². The fourth-order valence-corrected chi connectivity index (χ4v) is 3.00. The maximum Gasteiger partial charge on any atom is 0.326 e. The van der Waals surface area contributed by atoms with Gasteiger partial charge in [0.2, 0.25) is 6.10 Å². The van der Waals surface area contributed by atoms with Crippen LogP contribution in [0.4, 0.5) is 0 Å². The molecule has 1 fully saturated rings. The van der Waals surface area contributed by atoms with Gasteiger partial charge in [0.25, 0.3) is 5.91 Å². The summed E-state index contributed by atoms with van der Waals surface area (Å²) in [5.41, 5.74) is 0. The van der Waals surface area contributed by atoms with Crippen LogP contribution in [-0.2, 0) is 14.3 Å². The highest BCUT2D eigenvalue weighted by atomic mass is 16.6. The molecule has 0 saturated carbocycles. The number of amides is 1. The van der Waals surface area contributed by atoms with E-state index in [2.05, 4.69) is 0 Å². The monoisotopic (exact) mass is 321 g/mol. The summed E-state index contributed by atoms with van der Waals surface area (Å²) in [6.45, 7) is 1.97. The van der Waals surface area contributed by atoms with Crippen molar-refractivity contribution in [3.8, 4) is 11.5 Å². The predicted octanol–water partition coefficient (Wildman–Crippen LogP) is 0.915. The van der Waals surface area contributed by atoms with Crippen LogP contribution in [0, 0.1) is 0 Å². The van der Waals surface area contributed by atoms with E-state index in [1.807, 2.05) is 6.07 Å². The van der Waals surface area contributed by atoms with Crippen LogP contribution in [0.2, 0.25) is 0 Å². The highest BCUT2D eigenvalue weighted by Crippen LogP contribution is 2.34. The molecule has 0 bridgehead atoms. The first kappa shape index (κ1) is 15.6. The van der Waals surface area contributed by atoms with Gasteiger partial charge in [-0.25, -0.2) is 4.79 Å². The third kappa shape index (κ3) is 2.84. The number of rotatable bonds is 3. The number of fused-ring (bicyclic) bond motifs is 1. The summed E-state index contributed by atoms with van der Waals surface area (Å²) in [7, 11) is 1.51. The van der Waals surface area contributed by atoms with Gasteiger partial charge in [-0.15, -0.1) is 0 Å². The summed E-state index contributed by atoms with van der Waals surface area (Å²) in [5, 5.41) is 9.35. The molecule has 0 radical (unpaired) electrons. The van der Waals surface area contributed by atoms with Crippen LogP contribution in [0.5, 0.6) is 11.5 Å². The number of aliphatic carboxylic acids is 1. The zero-order valence-electron chi connectivity index (χ0n) is 13.0. The first-order valence-electron chi connectivity index (χ1n) is 7.49. The molecule has 1 aromatic rings. The minimum atomic E-state index is -1.04. The number of likely N-dealkylation sites (tertiary alicyclic amines) is 1. The summed E-state index contributed by atoms with van der Waals surface area (Å²) >= 11 is 0. The summed E-state index contributed by atoms with van der Waals surface area (Å²) in [4.78, 5) is 25.5. The fraction of sp³-hybridized carbons (Fsp3) is 0.500. The Morgan fingerprint density at radius 3 is 2.52 bits per heavy atom. The lowest BCUT2D eigenvalue weighted by atomic mass is 10.1. The van der Waals surface area contributed by atoms with E-state index in [1.165, 1.54) is 12.0 Å². The van der Waals surface area contributed by atoms with E-state index in [-0.39, 0.29) is 25.0 Å². The fourth-order valence-electron chi connectivity index (χ4n) is 3.00. The van der Waals surface area contributed by atoms with Crippen LogP contribution < -0.4 is 9.47 Å². The van der Waals surface area contributed by atoms with Crippen LogP contribution in [0.25, 0.3) is 0 Å². The Morgan fingerprint density at radius 2 is 1.91 bits per heavy atom. The van der Waals surface area contributed by atoms with Gasteiger partial charge in [-0.05, 0) is 19.1 Å². The van der Waals surface area contributed by atoms with Crippen molar-refractivity contribution in [3.05, 3.63) is 24.3 Å². The number of carboxylic acid groups (broad SMARTS) is 1. The molecule has 2 aliphatic rings. The van der Waals surface area contributed by atoms with Crippen LogP contribution >= 0.6 is 0 Å². The number of carbonyl (C=O) groups is 2. The molecule has 1 amide bonds. The molecule has 2 heterocycles. The van der Waals surface area contributed by atoms with Gasteiger partial charge in [-0.2, -0.15) is 0 Å². The predicted molar refractivity (Wildman–Crippen MR) is 79.5 cm³/mol. The standard InChI is InChI=1S/C16H19NO6/c1-9-14(23-13-6-4-3-5-12(13)22-9)15(18)17-8-10(21-2)7-11(17)16(19)20/h3-6,9-11,14H,7-8H2,1-2H3,(H,19,20). The first-order valence-corrected chi connectivity index (χ1v) is 7.49. The number of hydrogen-bond acceptors (Lipinski definition) is 5. The minimum Gasteiger partial charge on any atom is -0.482 e. The van der Waals surface area contributed by atoms with Gasteiger partial charge in [0, 0.05) is 20.1 Å². The Balaban J connectivity index is 1.81. The summed E-state index contributed by atoms with van der Waals surface area (Å²) in [6.07, 6.45) is -1.39. The number of hydrogen-bond donors (Lipinski definition) is 1. The molecule has 2 aliphatic heterocycles. The van der Waals surface area contributed by atoms with Crippen LogP contribution in [0.3, 0.4) is 0 Å². The lowest BCUT2D eigenvalue weighted by Gasteiger charge is -2.34. The molecule has 0 aromatic heterocycles. The normalized spacial score (nSPS) is 29.4. The summed E-state index contributed by atoms with van der Waals surface area (Å²) < 4.78 is 16.7. The van der Waals surface area contributed by atoms with Crippen LogP contribution in [0.1, 0.15) is 13.3 Å². The van der Waals surface area contributed by atoms with Crippen molar-refractivity contribution >= 4 is 11.9 Å². The summed E-state index contributed by atoms with van der Waals surface area (Å²) in [5.74, 6) is -0.366. The van der Waals surface area contributed by atoms with Gasteiger partial charge in [-0.1, -0.05) is 12.1 Å². The van der Waals surface area contributed by atoms with E-state index < -0.39 is 24.2 Å². The van der Waals surface area contributed by atoms with E-state index >= 15 is 0 Å². The number of nitrogens with zero attached hydrogens (tertiary/aromatic N) is 1. The van der Waals surface area contributed by atoms with Crippen molar-refractivity contribution < 1.29 is 28.9 Å². The maximum atomic E-state index is 12.8. The Labute approximate surface area is 133 Å². The molecule has 0 aliphatic carbocycles. The molecule has 1 saturated heterocycles. The molecular formula is C16H19NO6. The van der Waals surface area contributed by atoms with Crippen molar-refractivity contribution in [2.75, 3.05) is 13.7 Å². The zero-order chi connectivity index (χ0) is 16.6. The van der Waals surface area contributed by atoms with Gasteiger partial charge in [0.05, 0.1) is 6.10 Å². The molecule has 23 heavy (non-hydrogen) atoms. The van der Waals surface area contributed by atoms with E-state index in [0.717, 1.165) is 0 Å². The molecule has 4 atom stereocenters. The second kappa shape index (κ2) is 6.08. The molecule has 0 spiro atoms. The number of benzene rings is 1. The molecule has 7 nitrogen and oxygen atoms in total. The Kier molecular flexibility index (Phi) is 4.12. The second-order valence-corrected chi connectivity index (χ2v) is 5.75. The Bertz CT molecular complexity index is 618. The van der Waals surface area contributed by atoms with Crippen LogP contribution in [-0.4, -0.2) is 59.9 Å². The average Bonchev–Trinajstić information content (AvgIpc) is 2.98.